The molecule has 2 saturated heterocycles. The number of hydrogen-bond acceptors (Lipinski definition) is 6. The second kappa shape index (κ2) is 10.2. The molecule has 1 aromatic heterocycles. The van der Waals surface area contributed by atoms with Crippen molar-refractivity contribution < 1.29 is 17.9 Å². The van der Waals surface area contributed by atoms with Crippen LogP contribution >= 0.6 is 23.2 Å². The maximum absolute atomic E-state index is 13.4. The highest BCUT2D eigenvalue weighted by Gasteiger charge is 2.42. The van der Waals surface area contributed by atoms with Gasteiger partial charge in [-0.2, -0.15) is 4.31 Å². The molecule has 0 unspecified atom stereocenters. The molecular weight excluding hydrogens is 501 g/mol. The van der Waals surface area contributed by atoms with Gasteiger partial charge in [0.2, 0.25) is 10.0 Å². The van der Waals surface area contributed by atoms with Crippen LogP contribution in [0.25, 0.3) is 0 Å². The number of halogens is 2. The Kier molecular flexibility index (Phi) is 7.51. The molecule has 2 aliphatic heterocycles. The molecule has 34 heavy (non-hydrogen) atoms. The third kappa shape index (κ3) is 5.56. The van der Waals surface area contributed by atoms with Crippen LogP contribution in [0, 0.1) is 5.92 Å². The largest absolute Gasteiger partial charge is 0.460 e. The quantitative estimate of drug-likeness (QED) is 0.592. The lowest BCUT2D eigenvalue weighted by Crippen LogP contribution is -2.53. The van der Waals surface area contributed by atoms with Crippen LogP contribution in [0.5, 0.6) is 6.01 Å². The van der Waals surface area contributed by atoms with Gasteiger partial charge in [0.25, 0.3) is 0 Å². The first kappa shape index (κ1) is 25.0. The topological polar surface area (TPSA) is 95.9 Å². The summed E-state index contributed by atoms with van der Waals surface area (Å²) in [6, 6.07) is 7.42. The Labute approximate surface area is 209 Å². The van der Waals surface area contributed by atoms with Gasteiger partial charge in [0.05, 0.1) is 16.3 Å². The molecule has 12 heteroatoms. The Hall–Kier alpha value is -2.14. The van der Waals surface area contributed by atoms with E-state index in [4.69, 9.17) is 27.9 Å². The number of likely N-dealkylation sites (tertiary alicyclic amines) is 1. The summed E-state index contributed by atoms with van der Waals surface area (Å²) in [4.78, 5) is 25.2. The molecule has 0 saturated carbocycles. The third-order valence-corrected chi connectivity index (χ3v) is 8.46. The van der Waals surface area contributed by atoms with Crippen molar-refractivity contribution in [3.05, 3.63) is 52.3 Å². The summed E-state index contributed by atoms with van der Waals surface area (Å²) in [5.41, 5.74) is 0.973. The number of aromatic nitrogens is 2. The number of rotatable bonds is 5. The first-order chi connectivity index (χ1) is 16.1. The highest BCUT2D eigenvalue weighted by molar-refractivity contribution is 7.88. The summed E-state index contributed by atoms with van der Waals surface area (Å²) in [5, 5.41) is 0.929. The Morgan fingerprint density at radius 2 is 1.74 bits per heavy atom. The molecule has 4 rings (SSSR count). The number of ether oxygens (including phenoxy) is 1. The number of nitrogens with zero attached hydrogens (tertiary/aromatic N) is 5. The first-order valence-corrected chi connectivity index (χ1v) is 13.6. The zero-order valence-electron chi connectivity index (χ0n) is 19.0. The van der Waals surface area contributed by atoms with Gasteiger partial charge in [-0.25, -0.2) is 23.2 Å². The fraction of sp³-hybridized carbons (Fsp3) is 0.500. The molecule has 0 bridgehead atoms. The van der Waals surface area contributed by atoms with E-state index in [1.54, 1.807) is 34.3 Å². The molecule has 2 amide bonds. The van der Waals surface area contributed by atoms with Crippen LogP contribution < -0.4 is 4.74 Å². The molecule has 184 valence electrons. The molecule has 9 nitrogen and oxygen atoms in total. The van der Waals surface area contributed by atoms with Crippen LogP contribution in [0.4, 0.5) is 4.79 Å². The van der Waals surface area contributed by atoms with Gasteiger partial charge in [0.15, 0.2) is 0 Å². The maximum Gasteiger partial charge on any atom is 0.320 e. The Bertz CT molecular complexity index is 1130. The van der Waals surface area contributed by atoms with Crippen LogP contribution in [0.15, 0.2) is 36.7 Å². The van der Waals surface area contributed by atoms with Gasteiger partial charge in [0, 0.05) is 63.5 Å². The molecular formula is C22H27Cl2N5O4S. The molecule has 3 atom stereocenters. The maximum atomic E-state index is 13.4. The van der Waals surface area contributed by atoms with E-state index in [-0.39, 0.29) is 30.0 Å². The van der Waals surface area contributed by atoms with E-state index in [9.17, 15) is 13.2 Å². The van der Waals surface area contributed by atoms with Crippen LogP contribution in [0.3, 0.4) is 0 Å². The fourth-order valence-electron chi connectivity index (χ4n) is 4.57. The van der Waals surface area contributed by atoms with Crippen molar-refractivity contribution in [1.82, 2.24) is 24.1 Å². The Morgan fingerprint density at radius 1 is 1.06 bits per heavy atom. The molecule has 0 spiro atoms. The number of urea groups is 1. The fourth-order valence-corrected chi connectivity index (χ4v) is 5.70. The van der Waals surface area contributed by atoms with E-state index in [0.29, 0.717) is 49.3 Å². The second-order valence-electron chi connectivity index (χ2n) is 8.63. The van der Waals surface area contributed by atoms with Crippen molar-refractivity contribution in [3.8, 4) is 6.01 Å². The highest BCUT2D eigenvalue weighted by Crippen LogP contribution is 2.38. The number of carbonyl (C=O) groups excluding carboxylic acids is 1. The van der Waals surface area contributed by atoms with Gasteiger partial charge >= 0.3 is 12.0 Å². The standard InChI is InChI=1S/C22H27Cl2N5O4S/c1-15(33-21-25-6-3-7-26-21)17-13-28(14-18(17)16-4-5-19(23)20(24)12-16)22(30)27-8-10-29(11-9-27)34(2,31)32/h3-7,12,15,17-18H,8-11,13-14H2,1-2H3/t15-,17+,18+/m1/s1. The monoisotopic (exact) mass is 527 g/mol. The molecule has 3 heterocycles. The van der Waals surface area contributed by atoms with Gasteiger partial charge in [-0.15, -0.1) is 0 Å². The second-order valence-corrected chi connectivity index (χ2v) is 11.4. The van der Waals surface area contributed by atoms with Crippen LogP contribution in [0.2, 0.25) is 10.0 Å². The van der Waals surface area contributed by atoms with Crippen molar-refractivity contribution in [2.45, 2.75) is 18.9 Å². The summed E-state index contributed by atoms with van der Waals surface area (Å²) in [7, 11) is -3.27. The summed E-state index contributed by atoms with van der Waals surface area (Å²) < 4.78 is 31.0. The smallest absolute Gasteiger partial charge is 0.320 e. The summed E-state index contributed by atoms with van der Waals surface area (Å²) >= 11 is 12.4. The average Bonchev–Trinajstić information content (AvgIpc) is 3.26. The number of benzene rings is 1. The Balaban J connectivity index is 1.52. The minimum atomic E-state index is -3.27. The van der Waals surface area contributed by atoms with Crippen molar-refractivity contribution >= 4 is 39.3 Å². The van der Waals surface area contributed by atoms with Gasteiger partial charge in [-0.3, -0.25) is 0 Å². The molecule has 2 aromatic rings. The number of hydrogen-bond donors (Lipinski definition) is 0. The van der Waals surface area contributed by atoms with Gasteiger partial charge in [0.1, 0.15) is 6.10 Å². The first-order valence-electron chi connectivity index (χ1n) is 11.0. The molecule has 0 N–H and O–H groups in total. The number of piperazine rings is 1. The minimum absolute atomic E-state index is 0.0327. The number of amides is 2. The molecule has 2 fully saturated rings. The minimum Gasteiger partial charge on any atom is -0.460 e. The van der Waals surface area contributed by atoms with Crippen LogP contribution in [0.1, 0.15) is 18.4 Å². The van der Waals surface area contributed by atoms with Crippen molar-refractivity contribution in [2.24, 2.45) is 5.92 Å². The van der Waals surface area contributed by atoms with E-state index < -0.39 is 10.0 Å². The summed E-state index contributed by atoms with van der Waals surface area (Å²) in [6.45, 7) is 4.21. The zero-order valence-corrected chi connectivity index (χ0v) is 21.3. The van der Waals surface area contributed by atoms with E-state index in [2.05, 4.69) is 9.97 Å². The number of sulfonamides is 1. The Morgan fingerprint density at radius 3 is 2.35 bits per heavy atom. The molecule has 1 aromatic carbocycles. The lowest BCUT2D eigenvalue weighted by atomic mass is 9.86. The van der Waals surface area contributed by atoms with Crippen LogP contribution in [-0.2, 0) is 10.0 Å². The predicted molar refractivity (Wildman–Crippen MR) is 130 cm³/mol. The van der Waals surface area contributed by atoms with Crippen molar-refractivity contribution in [3.63, 3.8) is 0 Å². The molecule has 0 aliphatic carbocycles. The van der Waals surface area contributed by atoms with Gasteiger partial charge < -0.3 is 14.5 Å². The van der Waals surface area contributed by atoms with E-state index in [0.717, 1.165) is 5.56 Å². The van der Waals surface area contributed by atoms with E-state index >= 15 is 0 Å². The number of carbonyl (C=O) groups is 1. The van der Waals surface area contributed by atoms with Gasteiger partial charge in [-0.1, -0.05) is 29.3 Å². The van der Waals surface area contributed by atoms with E-state index in [1.807, 2.05) is 19.1 Å². The lowest BCUT2D eigenvalue weighted by Gasteiger charge is -2.35. The molecule has 2 aliphatic rings. The summed E-state index contributed by atoms with van der Waals surface area (Å²) in [6.07, 6.45) is 4.15. The normalized spacial score (nSPS) is 22.6. The highest BCUT2D eigenvalue weighted by atomic mass is 35.5. The SMILES string of the molecule is C[C@@H](Oc1ncccn1)[C@@H]1CN(C(=O)N2CCN(S(C)(=O)=O)CC2)C[C@H]1c1ccc(Cl)c(Cl)c1. The van der Waals surface area contributed by atoms with Crippen molar-refractivity contribution in [1.29, 1.82) is 0 Å². The van der Waals surface area contributed by atoms with Crippen LogP contribution in [-0.4, -0.2) is 90.2 Å². The summed E-state index contributed by atoms with van der Waals surface area (Å²) in [5.74, 6) is -0.0722. The lowest BCUT2D eigenvalue weighted by molar-refractivity contribution is 0.123. The van der Waals surface area contributed by atoms with E-state index in [1.165, 1.54) is 10.6 Å². The predicted octanol–water partition coefficient (Wildman–Crippen LogP) is 2.96. The third-order valence-electron chi connectivity index (χ3n) is 6.42. The molecule has 0 radical (unpaired) electrons. The van der Waals surface area contributed by atoms with Gasteiger partial charge in [-0.05, 0) is 30.7 Å². The van der Waals surface area contributed by atoms with Crippen molar-refractivity contribution in [2.75, 3.05) is 45.5 Å². The average molecular weight is 528 g/mol. The zero-order chi connectivity index (χ0) is 24.5.